The van der Waals surface area contributed by atoms with E-state index in [4.69, 9.17) is 0 Å². The van der Waals surface area contributed by atoms with Crippen LogP contribution >= 0.6 is 0 Å². The first-order valence-electron chi connectivity index (χ1n) is 8.95. The van der Waals surface area contributed by atoms with Gasteiger partial charge in [-0.05, 0) is 59.1 Å². The number of benzene rings is 1. The zero-order valence-electron chi connectivity index (χ0n) is 14.6. The molecule has 0 radical (unpaired) electrons. The van der Waals surface area contributed by atoms with E-state index in [2.05, 4.69) is 45.9 Å². The maximum Gasteiger partial charge on any atom is 0.127 e. The Morgan fingerprint density at radius 1 is 1.00 bits per heavy atom. The fourth-order valence-corrected chi connectivity index (χ4v) is 4.59. The van der Waals surface area contributed by atoms with Gasteiger partial charge in [-0.3, -0.25) is 0 Å². The lowest BCUT2D eigenvalue weighted by Gasteiger charge is -2.42. The van der Waals surface area contributed by atoms with Gasteiger partial charge in [-0.1, -0.05) is 58.7 Å². The minimum atomic E-state index is 0.105. The van der Waals surface area contributed by atoms with Crippen LogP contribution in [0.25, 0.3) is 0 Å². The number of rotatable bonds is 3. The molecule has 0 N–H and O–H groups in total. The molecule has 0 saturated heterocycles. The van der Waals surface area contributed by atoms with E-state index in [0.29, 0.717) is 5.92 Å². The van der Waals surface area contributed by atoms with Crippen LogP contribution in [0.3, 0.4) is 0 Å². The topological polar surface area (TPSA) is 17.1 Å². The summed E-state index contributed by atoms with van der Waals surface area (Å²) >= 11 is 0. The lowest BCUT2D eigenvalue weighted by atomic mass is 9.62. The van der Waals surface area contributed by atoms with Gasteiger partial charge < -0.3 is 4.79 Å². The third-order valence-corrected chi connectivity index (χ3v) is 6.32. The third-order valence-electron chi connectivity index (χ3n) is 6.32. The van der Waals surface area contributed by atoms with E-state index in [1.54, 1.807) is 0 Å². The normalized spacial score (nSPS) is 24.7. The summed E-state index contributed by atoms with van der Waals surface area (Å²) in [5, 5.41) is 0. The molecule has 0 heterocycles. The van der Waals surface area contributed by atoms with Gasteiger partial charge in [0.2, 0.25) is 0 Å². The maximum absolute atomic E-state index is 11.7. The van der Waals surface area contributed by atoms with Crippen molar-refractivity contribution in [2.45, 2.75) is 83.0 Å². The number of hydrogen-bond donors (Lipinski definition) is 0. The molecule has 3 rings (SSSR count). The second kappa shape index (κ2) is 5.51. The number of carbonyl (C=O) groups excluding carboxylic acids is 1. The third kappa shape index (κ3) is 2.64. The van der Waals surface area contributed by atoms with Gasteiger partial charge in [0.05, 0.1) is 0 Å². The Morgan fingerprint density at radius 3 is 2.18 bits per heavy atom. The summed E-state index contributed by atoms with van der Waals surface area (Å²) in [4.78, 5) is 11.7. The molecule has 0 amide bonds. The average molecular weight is 298 g/mol. The highest BCUT2D eigenvalue weighted by Crippen LogP contribution is 2.47. The molecule has 2 aliphatic carbocycles. The van der Waals surface area contributed by atoms with Gasteiger partial charge in [0.25, 0.3) is 0 Å². The van der Waals surface area contributed by atoms with Crippen molar-refractivity contribution in [2.75, 3.05) is 0 Å². The fraction of sp³-hybridized carbons (Fsp3) is 0.667. The molecule has 0 spiro atoms. The van der Waals surface area contributed by atoms with Crippen molar-refractivity contribution in [1.29, 1.82) is 0 Å². The summed E-state index contributed by atoms with van der Waals surface area (Å²) in [7, 11) is 0. The molecule has 1 heteroatoms. The van der Waals surface area contributed by atoms with Crippen molar-refractivity contribution in [3.05, 3.63) is 34.9 Å². The van der Waals surface area contributed by atoms with Gasteiger partial charge in [-0.2, -0.15) is 0 Å². The van der Waals surface area contributed by atoms with E-state index in [9.17, 15) is 4.79 Å². The molecule has 120 valence electrons. The molecule has 1 nitrogen and oxygen atoms in total. The van der Waals surface area contributed by atoms with Crippen molar-refractivity contribution >= 4 is 6.29 Å². The molecular weight excluding hydrogens is 268 g/mol. The lowest BCUT2D eigenvalue weighted by molar-refractivity contribution is -0.110. The van der Waals surface area contributed by atoms with Crippen LogP contribution in [0.1, 0.15) is 88.8 Å². The fourth-order valence-electron chi connectivity index (χ4n) is 4.59. The van der Waals surface area contributed by atoms with Crippen molar-refractivity contribution in [2.24, 2.45) is 5.92 Å². The van der Waals surface area contributed by atoms with Crippen molar-refractivity contribution in [3.8, 4) is 0 Å². The molecular formula is C21H30O. The average Bonchev–Trinajstić information content (AvgIpc) is 2.99. The van der Waals surface area contributed by atoms with Crippen LogP contribution in [-0.4, -0.2) is 6.29 Å². The van der Waals surface area contributed by atoms with Gasteiger partial charge in [-0.25, -0.2) is 0 Å². The Kier molecular flexibility index (Phi) is 3.95. The number of aldehydes is 1. The monoisotopic (exact) mass is 298 g/mol. The molecule has 2 aliphatic rings. The van der Waals surface area contributed by atoms with Gasteiger partial charge >= 0.3 is 0 Å². The summed E-state index contributed by atoms with van der Waals surface area (Å²) in [5.74, 6) is 0.670. The Morgan fingerprint density at radius 2 is 1.59 bits per heavy atom. The molecule has 1 saturated carbocycles. The first-order chi connectivity index (χ1) is 10.3. The SMILES string of the molecule is CC1(C)CCC(C)(C)c2cc(C(C=O)C3CCCC3)ccc21. The smallest absolute Gasteiger partial charge is 0.127 e. The first kappa shape index (κ1) is 15.8. The van der Waals surface area contributed by atoms with E-state index in [0.717, 1.165) is 0 Å². The van der Waals surface area contributed by atoms with Crippen LogP contribution in [0.5, 0.6) is 0 Å². The second-order valence-electron chi connectivity index (χ2n) is 8.78. The van der Waals surface area contributed by atoms with Crippen LogP contribution < -0.4 is 0 Å². The summed E-state index contributed by atoms with van der Waals surface area (Å²) in [6.07, 6.45) is 8.69. The first-order valence-corrected chi connectivity index (χ1v) is 8.95. The predicted octanol–water partition coefficient (Wildman–Crippen LogP) is 5.51. The summed E-state index contributed by atoms with van der Waals surface area (Å²) in [6, 6.07) is 6.92. The maximum atomic E-state index is 11.7. The van der Waals surface area contributed by atoms with Crippen molar-refractivity contribution in [1.82, 2.24) is 0 Å². The van der Waals surface area contributed by atoms with E-state index in [1.807, 2.05) is 0 Å². The van der Waals surface area contributed by atoms with E-state index in [1.165, 1.54) is 61.5 Å². The zero-order chi connectivity index (χ0) is 16.0. The van der Waals surface area contributed by atoms with Gasteiger partial charge in [-0.15, -0.1) is 0 Å². The minimum absolute atomic E-state index is 0.105. The summed E-state index contributed by atoms with van der Waals surface area (Å²) in [5.41, 5.74) is 4.71. The summed E-state index contributed by atoms with van der Waals surface area (Å²) < 4.78 is 0. The lowest BCUT2D eigenvalue weighted by Crippen LogP contribution is -2.34. The number of carbonyl (C=O) groups is 1. The highest BCUT2D eigenvalue weighted by atomic mass is 16.1. The standard InChI is InChI=1S/C21H30O/c1-20(2)11-12-21(3,4)19-13-16(9-10-18(19)20)17(14-22)15-7-5-6-8-15/h9-10,13-15,17H,5-8,11-12H2,1-4H3. The van der Waals surface area contributed by atoms with Gasteiger partial charge in [0, 0.05) is 5.92 Å². The van der Waals surface area contributed by atoms with Gasteiger partial charge in [0.15, 0.2) is 0 Å². The molecule has 1 aromatic carbocycles. The van der Waals surface area contributed by atoms with Crippen LogP contribution in [-0.2, 0) is 15.6 Å². The van der Waals surface area contributed by atoms with Crippen LogP contribution in [0.4, 0.5) is 0 Å². The van der Waals surface area contributed by atoms with E-state index in [-0.39, 0.29) is 16.7 Å². The van der Waals surface area contributed by atoms with Crippen LogP contribution in [0, 0.1) is 5.92 Å². The Hall–Kier alpha value is -1.11. The quantitative estimate of drug-likeness (QED) is 0.673. The Balaban J connectivity index is 2.03. The minimum Gasteiger partial charge on any atom is -0.303 e. The highest BCUT2D eigenvalue weighted by Gasteiger charge is 2.37. The zero-order valence-corrected chi connectivity index (χ0v) is 14.6. The van der Waals surface area contributed by atoms with Crippen molar-refractivity contribution in [3.63, 3.8) is 0 Å². The Bertz CT molecular complexity index is 561. The predicted molar refractivity (Wildman–Crippen MR) is 92.5 cm³/mol. The number of fused-ring (bicyclic) bond motifs is 1. The van der Waals surface area contributed by atoms with Crippen molar-refractivity contribution < 1.29 is 4.79 Å². The molecule has 1 aromatic rings. The van der Waals surface area contributed by atoms with Gasteiger partial charge in [0.1, 0.15) is 6.29 Å². The largest absolute Gasteiger partial charge is 0.303 e. The highest BCUT2D eigenvalue weighted by molar-refractivity contribution is 5.64. The van der Waals surface area contributed by atoms with Crippen LogP contribution in [0.2, 0.25) is 0 Å². The molecule has 1 unspecified atom stereocenters. The Labute approximate surface area is 135 Å². The molecule has 0 aromatic heterocycles. The molecule has 0 bridgehead atoms. The molecule has 0 aliphatic heterocycles. The number of hydrogen-bond acceptors (Lipinski definition) is 1. The molecule has 22 heavy (non-hydrogen) atoms. The van der Waals surface area contributed by atoms with E-state index >= 15 is 0 Å². The second-order valence-corrected chi connectivity index (χ2v) is 8.78. The van der Waals surface area contributed by atoms with E-state index < -0.39 is 0 Å². The summed E-state index contributed by atoms with van der Waals surface area (Å²) in [6.45, 7) is 9.43. The van der Waals surface area contributed by atoms with Crippen LogP contribution in [0.15, 0.2) is 18.2 Å². The molecule has 1 atom stereocenters. The molecule has 1 fully saturated rings.